The molecule has 0 amide bonds. The van der Waals surface area contributed by atoms with Gasteiger partial charge in [-0.25, -0.2) is 4.79 Å². The van der Waals surface area contributed by atoms with Gasteiger partial charge < -0.3 is 19.1 Å². The van der Waals surface area contributed by atoms with Gasteiger partial charge in [0.2, 0.25) is 0 Å². The van der Waals surface area contributed by atoms with Crippen LogP contribution in [0.3, 0.4) is 0 Å². The highest BCUT2D eigenvalue weighted by Crippen LogP contribution is 2.50. The first-order valence-electron chi connectivity index (χ1n) is 10.9. The SMILES string of the molecule is CCn1cc(C(O)(C(C)c2ccc(-c3ccc(C(=O)OC)c(OC)c3)cc2Cl)C(F)(F)F)ccc1=O. The van der Waals surface area contributed by atoms with Crippen molar-refractivity contribution >= 4 is 17.6 Å². The van der Waals surface area contributed by atoms with Crippen LogP contribution >= 0.6 is 11.6 Å². The van der Waals surface area contributed by atoms with E-state index in [1.54, 1.807) is 25.1 Å². The number of aliphatic hydroxyl groups is 1. The number of pyridine rings is 1. The minimum Gasteiger partial charge on any atom is -0.496 e. The first-order chi connectivity index (χ1) is 16.9. The second-order valence-electron chi connectivity index (χ2n) is 8.17. The number of rotatable bonds is 7. The Hall–Kier alpha value is -3.30. The smallest absolute Gasteiger partial charge is 0.422 e. The van der Waals surface area contributed by atoms with E-state index in [-0.39, 0.29) is 28.4 Å². The molecule has 2 aromatic carbocycles. The lowest BCUT2D eigenvalue weighted by Gasteiger charge is -2.37. The van der Waals surface area contributed by atoms with E-state index in [4.69, 9.17) is 21.1 Å². The highest BCUT2D eigenvalue weighted by atomic mass is 35.5. The zero-order valence-electron chi connectivity index (χ0n) is 20.0. The number of halogens is 4. The van der Waals surface area contributed by atoms with Crippen molar-refractivity contribution in [2.75, 3.05) is 14.2 Å². The van der Waals surface area contributed by atoms with Crippen LogP contribution in [0.2, 0.25) is 5.02 Å². The minimum atomic E-state index is -5.07. The van der Waals surface area contributed by atoms with Gasteiger partial charge in [-0.3, -0.25) is 4.79 Å². The van der Waals surface area contributed by atoms with E-state index < -0.39 is 34.8 Å². The van der Waals surface area contributed by atoms with E-state index in [0.29, 0.717) is 11.1 Å². The molecule has 0 fully saturated rings. The quantitative estimate of drug-likeness (QED) is 0.412. The van der Waals surface area contributed by atoms with Crippen molar-refractivity contribution in [2.45, 2.75) is 38.1 Å². The number of hydrogen-bond donors (Lipinski definition) is 1. The third kappa shape index (κ3) is 4.85. The number of carbonyl (C=O) groups excluding carboxylic acids is 1. The summed E-state index contributed by atoms with van der Waals surface area (Å²) in [5.41, 5.74) is -2.82. The second-order valence-corrected chi connectivity index (χ2v) is 8.58. The molecule has 0 bridgehead atoms. The Bertz CT molecular complexity index is 1340. The van der Waals surface area contributed by atoms with Gasteiger partial charge in [0.1, 0.15) is 11.3 Å². The lowest BCUT2D eigenvalue weighted by molar-refractivity contribution is -0.274. The van der Waals surface area contributed by atoms with Crippen LogP contribution in [0.1, 0.15) is 41.3 Å². The van der Waals surface area contributed by atoms with Gasteiger partial charge in [-0.2, -0.15) is 13.2 Å². The first kappa shape index (κ1) is 27.3. The van der Waals surface area contributed by atoms with E-state index in [9.17, 15) is 27.9 Å². The fourth-order valence-electron chi connectivity index (χ4n) is 4.10. The van der Waals surface area contributed by atoms with Crippen LogP contribution in [-0.4, -0.2) is 36.0 Å². The molecule has 1 heterocycles. The molecule has 192 valence electrons. The van der Waals surface area contributed by atoms with Crippen LogP contribution in [0.15, 0.2) is 59.5 Å². The summed E-state index contributed by atoms with van der Waals surface area (Å²) < 4.78 is 54.1. The summed E-state index contributed by atoms with van der Waals surface area (Å²) in [6.45, 7) is 2.98. The van der Waals surface area contributed by atoms with Crippen molar-refractivity contribution in [1.82, 2.24) is 4.57 Å². The Labute approximate surface area is 210 Å². The molecule has 0 aliphatic carbocycles. The number of carbonyl (C=O) groups is 1. The van der Waals surface area contributed by atoms with Crippen LogP contribution in [0, 0.1) is 0 Å². The molecule has 0 saturated heterocycles. The van der Waals surface area contributed by atoms with Crippen molar-refractivity contribution in [3.63, 3.8) is 0 Å². The number of hydrogen-bond acceptors (Lipinski definition) is 5. The average molecular weight is 524 g/mol. The Kier molecular flexibility index (Phi) is 7.85. The number of nitrogens with zero attached hydrogens (tertiary/aromatic N) is 1. The van der Waals surface area contributed by atoms with Crippen molar-refractivity contribution in [2.24, 2.45) is 0 Å². The molecular formula is C26H25ClF3NO5. The monoisotopic (exact) mass is 523 g/mol. The van der Waals surface area contributed by atoms with Gasteiger partial charge >= 0.3 is 12.1 Å². The third-order valence-corrected chi connectivity index (χ3v) is 6.56. The van der Waals surface area contributed by atoms with Gasteiger partial charge in [-0.1, -0.05) is 36.7 Å². The van der Waals surface area contributed by atoms with Crippen molar-refractivity contribution < 1.29 is 32.5 Å². The summed E-state index contributed by atoms with van der Waals surface area (Å²) in [7, 11) is 2.64. The Morgan fingerprint density at radius 1 is 1.08 bits per heavy atom. The van der Waals surface area contributed by atoms with E-state index >= 15 is 0 Å². The molecule has 0 spiro atoms. The van der Waals surface area contributed by atoms with E-state index in [1.807, 2.05) is 0 Å². The lowest BCUT2D eigenvalue weighted by atomic mass is 9.78. The molecule has 1 aromatic heterocycles. The molecule has 3 aromatic rings. The molecule has 3 rings (SSSR count). The standard InChI is InChI=1S/C26H25ClF3NO5/c1-5-31-14-18(8-11-23(31)32)25(34,26(28,29)30)15(2)19-9-6-16(12-21(19)27)17-7-10-20(24(33)36-4)22(13-17)35-3/h6-15,34H,5H2,1-4H3. The molecule has 0 radical (unpaired) electrons. The number of alkyl halides is 3. The summed E-state index contributed by atoms with van der Waals surface area (Å²) in [6.07, 6.45) is -4.05. The molecule has 2 unspecified atom stereocenters. The molecule has 0 saturated carbocycles. The van der Waals surface area contributed by atoms with Gasteiger partial charge in [0.25, 0.3) is 5.56 Å². The van der Waals surface area contributed by atoms with Gasteiger partial charge in [0.05, 0.1) is 14.2 Å². The maximum atomic E-state index is 14.3. The zero-order chi connectivity index (χ0) is 26.8. The molecule has 0 aliphatic rings. The third-order valence-electron chi connectivity index (χ3n) is 6.23. The van der Waals surface area contributed by atoms with E-state index in [0.717, 1.165) is 22.9 Å². The summed E-state index contributed by atoms with van der Waals surface area (Å²) in [6, 6.07) is 11.2. The van der Waals surface area contributed by atoms with E-state index in [2.05, 4.69) is 0 Å². The van der Waals surface area contributed by atoms with Crippen molar-refractivity contribution in [1.29, 1.82) is 0 Å². The van der Waals surface area contributed by atoms with Gasteiger partial charge in [0, 0.05) is 35.3 Å². The lowest BCUT2D eigenvalue weighted by Crippen LogP contribution is -2.47. The normalized spacial score (nSPS) is 14.1. The van der Waals surface area contributed by atoms with Gasteiger partial charge in [-0.05, 0) is 47.9 Å². The maximum absolute atomic E-state index is 14.3. The summed E-state index contributed by atoms with van der Waals surface area (Å²) in [5.74, 6) is -1.84. The molecule has 1 N–H and O–H groups in total. The zero-order valence-corrected chi connectivity index (χ0v) is 20.8. The molecule has 2 atom stereocenters. The fourth-order valence-corrected chi connectivity index (χ4v) is 4.44. The van der Waals surface area contributed by atoms with Crippen LogP contribution in [0.5, 0.6) is 5.75 Å². The number of methoxy groups -OCH3 is 2. The van der Waals surface area contributed by atoms with Gasteiger partial charge in [-0.15, -0.1) is 0 Å². The molecular weight excluding hydrogens is 499 g/mol. The Morgan fingerprint density at radius 2 is 1.72 bits per heavy atom. The number of ether oxygens (including phenoxy) is 2. The van der Waals surface area contributed by atoms with Gasteiger partial charge in [0.15, 0.2) is 5.60 Å². The second kappa shape index (κ2) is 10.4. The summed E-state index contributed by atoms with van der Waals surface area (Å²) >= 11 is 6.44. The minimum absolute atomic E-state index is 0.00231. The van der Waals surface area contributed by atoms with Crippen LogP contribution in [0.4, 0.5) is 13.2 Å². The molecule has 36 heavy (non-hydrogen) atoms. The molecule has 10 heteroatoms. The van der Waals surface area contributed by atoms with E-state index in [1.165, 1.54) is 39.3 Å². The first-order valence-corrected chi connectivity index (χ1v) is 11.3. The number of aromatic nitrogens is 1. The highest BCUT2D eigenvalue weighted by Gasteiger charge is 2.59. The largest absolute Gasteiger partial charge is 0.496 e. The summed E-state index contributed by atoms with van der Waals surface area (Å²) in [4.78, 5) is 23.8. The van der Waals surface area contributed by atoms with Crippen LogP contribution in [0.25, 0.3) is 11.1 Å². The van der Waals surface area contributed by atoms with Crippen LogP contribution in [-0.2, 0) is 16.9 Å². The molecule has 6 nitrogen and oxygen atoms in total. The number of esters is 1. The average Bonchev–Trinajstić information content (AvgIpc) is 2.86. The van der Waals surface area contributed by atoms with Crippen LogP contribution < -0.4 is 10.3 Å². The van der Waals surface area contributed by atoms with Crippen molar-refractivity contribution in [3.8, 4) is 16.9 Å². The topological polar surface area (TPSA) is 77.8 Å². The molecule has 0 aliphatic heterocycles. The predicted octanol–water partition coefficient (Wildman–Crippen LogP) is 5.54. The maximum Gasteiger partial charge on any atom is 0.422 e. The Balaban J connectivity index is 2.08. The number of aryl methyl sites for hydroxylation is 1. The van der Waals surface area contributed by atoms with Crippen molar-refractivity contribution in [3.05, 3.63) is 86.8 Å². The highest BCUT2D eigenvalue weighted by molar-refractivity contribution is 6.31. The Morgan fingerprint density at radius 3 is 2.28 bits per heavy atom. The fraction of sp³-hybridized carbons (Fsp3) is 0.308. The number of benzene rings is 2. The predicted molar refractivity (Wildman–Crippen MR) is 130 cm³/mol. The summed E-state index contributed by atoms with van der Waals surface area (Å²) in [5, 5.41) is 11.1.